The Balaban J connectivity index is 1.51. The predicted molar refractivity (Wildman–Crippen MR) is 107 cm³/mol. The number of aliphatic hydroxyl groups is 1. The van der Waals surface area contributed by atoms with E-state index in [1.165, 1.54) is 11.3 Å². The van der Waals surface area contributed by atoms with Crippen LogP contribution in [0.5, 0.6) is 0 Å². The van der Waals surface area contributed by atoms with Gasteiger partial charge in [0.1, 0.15) is 5.76 Å². The number of thiazole rings is 1. The quantitative estimate of drug-likeness (QED) is 0.732. The van der Waals surface area contributed by atoms with Gasteiger partial charge in [0.25, 0.3) is 0 Å². The molecule has 2 unspecified atom stereocenters. The Hall–Kier alpha value is -2.06. The van der Waals surface area contributed by atoms with Gasteiger partial charge in [-0.05, 0) is 30.9 Å². The predicted octanol–water partition coefficient (Wildman–Crippen LogP) is 3.23. The maximum atomic E-state index is 12.4. The zero-order chi connectivity index (χ0) is 19.4. The number of aliphatic hydroxyl groups excluding tert-OH is 1. The fourth-order valence-electron chi connectivity index (χ4n) is 3.02. The van der Waals surface area contributed by atoms with E-state index in [0.29, 0.717) is 18.2 Å². The highest BCUT2D eigenvalue weighted by molar-refractivity contribution is 7.16. The summed E-state index contributed by atoms with van der Waals surface area (Å²) in [6.45, 7) is 7.75. The number of ether oxygens (including phenoxy) is 1. The molecule has 3 N–H and O–H groups in total. The van der Waals surface area contributed by atoms with Gasteiger partial charge in [-0.15, -0.1) is 0 Å². The van der Waals surface area contributed by atoms with Crippen LogP contribution >= 0.6 is 11.3 Å². The van der Waals surface area contributed by atoms with E-state index in [4.69, 9.17) is 4.74 Å². The van der Waals surface area contributed by atoms with Crippen molar-refractivity contribution in [2.45, 2.75) is 39.8 Å². The molecule has 2 aliphatic heterocycles. The summed E-state index contributed by atoms with van der Waals surface area (Å²) in [5, 5.41) is 15.9. The van der Waals surface area contributed by atoms with Crippen molar-refractivity contribution in [3.63, 3.8) is 0 Å². The summed E-state index contributed by atoms with van der Waals surface area (Å²) < 4.78 is 5.87. The first kappa shape index (κ1) is 19.7. The van der Waals surface area contributed by atoms with Gasteiger partial charge in [-0.2, -0.15) is 0 Å². The molecule has 7 nitrogen and oxygen atoms in total. The Labute approximate surface area is 164 Å². The van der Waals surface area contributed by atoms with Crippen LogP contribution in [0.1, 0.15) is 38.5 Å². The van der Waals surface area contributed by atoms with Crippen LogP contribution in [0.3, 0.4) is 0 Å². The van der Waals surface area contributed by atoms with Gasteiger partial charge in [-0.25, -0.2) is 9.78 Å². The monoisotopic (exact) mass is 392 g/mol. The molecule has 1 aromatic heterocycles. The van der Waals surface area contributed by atoms with Crippen molar-refractivity contribution in [1.82, 2.24) is 15.2 Å². The Morgan fingerprint density at radius 2 is 2.37 bits per heavy atom. The number of aromatic nitrogens is 1. The summed E-state index contributed by atoms with van der Waals surface area (Å²) in [5.74, 6) is 1.10. The van der Waals surface area contributed by atoms with E-state index in [1.54, 1.807) is 11.1 Å². The average Bonchev–Trinajstić information content (AvgIpc) is 3.29. The van der Waals surface area contributed by atoms with Crippen LogP contribution in [-0.2, 0) is 4.74 Å². The van der Waals surface area contributed by atoms with Crippen molar-refractivity contribution in [3.05, 3.63) is 29.1 Å². The van der Waals surface area contributed by atoms with Gasteiger partial charge in [0.15, 0.2) is 11.4 Å². The Morgan fingerprint density at radius 3 is 3.07 bits per heavy atom. The number of carbonyl (C=O) groups excluding carboxylic acids is 1. The molecule has 8 heteroatoms. The first-order valence-corrected chi connectivity index (χ1v) is 10.1. The second kappa shape index (κ2) is 8.31. The van der Waals surface area contributed by atoms with Gasteiger partial charge >= 0.3 is 6.03 Å². The van der Waals surface area contributed by atoms with Crippen LogP contribution in [0.15, 0.2) is 24.2 Å². The minimum Gasteiger partial charge on any atom is -0.469 e. The van der Waals surface area contributed by atoms with E-state index in [-0.39, 0.29) is 30.2 Å². The number of piperidine rings is 1. The van der Waals surface area contributed by atoms with E-state index in [2.05, 4.69) is 36.4 Å². The maximum absolute atomic E-state index is 12.4. The largest absolute Gasteiger partial charge is 0.469 e. The fourth-order valence-corrected chi connectivity index (χ4v) is 3.74. The molecule has 1 fully saturated rings. The lowest BCUT2D eigenvalue weighted by atomic mass is 9.95. The SMILES string of the molecule is CC(C)(C)C1=CNC(/C=C/c2cnc(NC(=O)N3CCCC(CO)C3)s2)O1. The molecule has 2 aliphatic rings. The molecule has 148 valence electrons. The number of nitrogens with zero attached hydrogens (tertiary/aromatic N) is 2. The number of amides is 2. The molecule has 27 heavy (non-hydrogen) atoms. The number of rotatable bonds is 4. The van der Waals surface area contributed by atoms with Crippen LogP contribution in [0.25, 0.3) is 6.08 Å². The van der Waals surface area contributed by atoms with E-state index >= 15 is 0 Å². The lowest BCUT2D eigenvalue weighted by molar-refractivity contribution is 0.124. The highest BCUT2D eigenvalue weighted by atomic mass is 32.1. The van der Waals surface area contributed by atoms with Crippen molar-refractivity contribution < 1.29 is 14.6 Å². The highest BCUT2D eigenvalue weighted by Gasteiger charge is 2.26. The molecule has 0 aromatic carbocycles. The summed E-state index contributed by atoms with van der Waals surface area (Å²) in [7, 11) is 0. The van der Waals surface area contributed by atoms with Gasteiger partial charge in [-0.1, -0.05) is 32.1 Å². The zero-order valence-electron chi connectivity index (χ0n) is 16.1. The highest BCUT2D eigenvalue weighted by Crippen LogP contribution is 2.29. The van der Waals surface area contributed by atoms with Crippen LogP contribution in [0.4, 0.5) is 9.93 Å². The molecule has 3 rings (SSSR count). The Kier molecular flexibility index (Phi) is 6.06. The number of nitrogens with one attached hydrogen (secondary N) is 2. The normalized spacial score (nSPS) is 23.1. The first-order chi connectivity index (χ1) is 12.8. The van der Waals surface area contributed by atoms with Gasteiger partial charge in [0, 0.05) is 42.4 Å². The minimum absolute atomic E-state index is 0.0268. The number of allylic oxidation sites excluding steroid dienone is 1. The molecular weight excluding hydrogens is 364 g/mol. The van der Waals surface area contributed by atoms with Gasteiger partial charge < -0.3 is 20.1 Å². The molecule has 1 aromatic rings. The van der Waals surface area contributed by atoms with E-state index in [0.717, 1.165) is 23.5 Å². The van der Waals surface area contributed by atoms with Gasteiger partial charge in [0.05, 0.1) is 0 Å². The third-order valence-electron chi connectivity index (χ3n) is 4.61. The lowest BCUT2D eigenvalue weighted by Gasteiger charge is -2.31. The number of likely N-dealkylation sites (tertiary alicyclic amines) is 1. The summed E-state index contributed by atoms with van der Waals surface area (Å²) in [4.78, 5) is 19.3. The van der Waals surface area contributed by atoms with Crippen LogP contribution in [0, 0.1) is 11.3 Å². The fraction of sp³-hybridized carbons (Fsp3) is 0.579. The van der Waals surface area contributed by atoms with Crippen LogP contribution < -0.4 is 10.6 Å². The Bertz CT molecular complexity index is 723. The summed E-state index contributed by atoms with van der Waals surface area (Å²) in [6.07, 6.45) is 9.21. The van der Waals surface area contributed by atoms with E-state index in [1.807, 2.05) is 18.4 Å². The molecule has 0 bridgehead atoms. The van der Waals surface area contributed by atoms with Crippen molar-refractivity contribution in [2.24, 2.45) is 11.3 Å². The van der Waals surface area contributed by atoms with Crippen molar-refractivity contribution in [1.29, 1.82) is 0 Å². The first-order valence-electron chi connectivity index (χ1n) is 9.29. The molecule has 0 saturated carbocycles. The molecule has 0 spiro atoms. The van der Waals surface area contributed by atoms with Crippen LogP contribution in [-0.4, -0.2) is 46.9 Å². The van der Waals surface area contributed by atoms with Gasteiger partial charge in [0.2, 0.25) is 0 Å². The summed E-state index contributed by atoms with van der Waals surface area (Å²) in [5.41, 5.74) is -0.0268. The lowest BCUT2D eigenvalue weighted by Crippen LogP contribution is -2.43. The molecular formula is C19H28N4O3S. The zero-order valence-corrected chi connectivity index (χ0v) is 16.9. The molecule has 1 saturated heterocycles. The van der Waals surface area contributed by atoms with Crippen LogP contribution in [0.2, 0.25) is 0 Å². The molecule has 0 radical (unpaired) electrons. The smallest absolute Gasteiger partial charge is 0.323 e. The third-order valence-corrected chi connectivity index (χ3v) is 5.49. The number of urea groups is 1. The van der Waals surface area contributed by atoms with Crippen molar-refractivity contribution >= 4 is 28.6 Å². The number of hydrogen-bond donors (Lipinski definition) is 3. The maximum Gasteiger partial charge on any atom is 0.323 e. The minimum atomic E-state index is -0.192. The number of carbonyl (C=O) groups is 1. The average molecular weight is 393 g/mol. The topological polar surface area (TPSA) is 86.7 Å². The Morgan fingerprint density at radius 1 is 1.56 bits per heavy atom. The second-order valence-electron chi connectivity index (χ2n) is 7.96. The second-order valence-corrected chi connectivity index (χ2v) is 9.02. The van der Waals surface area contributed by atoms with E-state index in [9.17, 15) is 9.90 Å². The number of anilines is 1. The molecule has 3 heterocycles. The molecule has 0 aliphatic carbocycles. The van der Waals surface area contributed by atoms with E-state index < -0.39 is 0 Å². The van der Waals surface area contributed by atoms with Gasteiger partial charge in [-0.3, -0.25) is 5.32 Å². The molecule has 2 atom stereocenters. The standard InChI is InChI=1S/C19H28N4O3S/c1-19(2,3)15-10-20-16(26-15)7-6-14-9-21-17(27-14)22-18(25)23-8-4-5-13(11-23)12-24/h6-7,9-10,13,16,20,24H,4-5,8,11-12H2,1-3H3,(H,21,22,25)/b7-6+. The summed E-state index contributed by atoms with van der Waals surface area (Å²) in [6, 6.07) is -0.155. The third kappa shape index (κ3) is 5.23. The number of hydrogen-bond acceptors (Lipinski definition) is 6. The molecule has 2 amide bonds. The van der Waals surface area contributed by atoms with Crippen molar-refractivity contribution in [3.8, 4) is 0 Å². The van der Waals surface area contributed by atoms with Crippen molar-refractivity contribution in [2.75, 3.05) is 25.0 Å². The summed E-state index contributed by atoms with van der Waals surface area (Å²) >= 11 is 1.42.